The molecule has 0 radical (unpaired) electrons. The van der Waals surface area contributed by atoms with E-state index in [9.17, 15) is 9.18 Å². The number of amides is 1. The quantitative estimate of drug-likeness (QED) is 0.852. The Hall–Kier alpha value is -1.78. The van der Waals surface area contributed by atoms with E-state index in [0.717, 1.165) is 5.56 Å². The molecular weight excluding hydrogens is 271 g/mol. The van der Waals surface area contributed by atoms with Crippen LogP contribution in [0.25, 0.3) is 0 Å². The Morgan fingerprint density at radius 3 is 2.57 bits per heavy atom. The molecule has 1 atom stereocenters. The van der Waals surface area contributed by atoms with E-state index in [2.05, 4.69) is 0 Å². The van der Waals surface area contributed by atoms with E-state index < -0.39 is 17.4 Å². The van der Waals surface area contributed by atoms with Gasteiger partial charge >= 0.3 is 6.09 Å². The summed E-state index contributed by atoms with van der Waals surface area (Å²) in [6.07, 6.45) is 0.169. The summed E-state index contributed by atoms with van der Waals surface area (Å²) in [6, 6.07) is 7.18. The van der Waals surface area contributed by atoms with E-state index >= 15 is 0 Å². The SMILES string of the molecule is CC(C)(C)OC(=O)N1CCC(F)(Cc2ccc(N)cc2)C1. The van der Waals surface area contributed by atoms with Crippen LogP contribution >= 0.6 is 0 Å². The molecule has 0 aliphatic carbocycles. The number of nitrogens with two attached hydrogens (primary N) is 1. The van der Waals surface area contributed by atoms with E-state index in [1.54, 1.807) is 32.9 Å². The first-order valence-electron chi connectivity index (χ1n) is 7.18. The Balaban J connectivity index is 1.96. The molecule has 2 rings (SSSR count). The molecule has 1 aliphatic heterocycles. The Bertz CT molecular complexity index is 510. The number of nitrogen functional groups attached to an aromatic ring is 1. The molecule has 1 aromatic carbocycles. The first-order chi connectivity index (χ1) is 9.67. The van der Waals surface area contributed by atoms with Crippen molar-refractivity contribution >= 4 is 11.8 Å². The molecule has 2 N–H and O–H groups in total. The lowest BCUT2D eigenvalue weighted by Gasteiger charge is -2.25. The number of halogens is 1. The summed E-state index contributed by atoms with van der Waals surface area (Å²) in [7, 11) is 0. The Morgan fingerprint density at radius 2 is 2.00 bits per heavy atom. The molecule has 0 aromatic heterocycles. The standard InChI is InChI=1S/C16H23FN2O2/c1-15(2,3)21-14(20)19-9-8-16(17,11-19)10-12-4-6-13(18)7-5-12/h4-7H,8-11,18H2,1-3H3. The highest BCUT2D eigenvalue weighted by atomic mass is 19.1. The number of ether oxygens (including phenoxy) is 1. The highest BCUT2D eigenvalue weighted by Gasteiger charge is 2.41. The summed E-state index contributed by atoms with van der Waals surface area (Å²) >= 11 is 0. The highest BCUT2D eigenvalue weighted by molar-refractivity contribution is 5.68. The fraction of sp³-hybridized carbons (Fsp3) is 0.562. The zero-order chi connectivity index (χ0) is 15.7. The number of rotatable bonds is 2. The maximum Gasteiger partial charge on any atom is 0.410 e. The van der Waals surface area contributed by atoms with Crippen molar-refractivity contribution in [3.05, 3.63) is 29.8 Å². The number of nitrogens with zero attached hydrogens (tertiary/aromatic N) is 1. The number of hydrogen-bond donors (Lipinski definition) is 1. The average molecular weight is 294 g/mol. The number of carbonyl (C=O) groups excluding carboxylic acids is 1. The topological polar surface area (TPSA) is 55.6 Å². The summed E-state index contributed by atoms with van der Waals surface area (Å²) in [5, 5.41) is 0. The zero-order valence-electron chi connectivity index (χ0n) is 12.9. The molecule has 5 heteroatoms. The number of hydrogen-bond acceptors (Lipinski definition) is 3. The molecule has 0 saturated carbocycles. The minimum atomic E-state index is -1.40. The van der Waals surface area contributed by atoms with Crippen molar-refractivity contribution in [2.45, 2.75) is 44.9 Å². The normalized spacial score (nSPS) is 22.4. The second-order valence-corrected chi connectivity index (χ2v) is 6.72. The maximum absolute atomic E-state index is 14.9. The lowest BCUT2D eigenvalue weighted by molar-refractivity contribution is 0.0258. The number of benzene rings is 1. The minimum Gasteiger partial charge on any atom is -0.444 e. The fourth-order valence-electron chi connectivity index (χ4n) is 2.46. The molecule has 1 fully saturated rings. The third-order valence-corrected chi connectivity index (χ3v) is 3.46. The first-order valence-corrected chi connectivity index (χ1v) is 7.18. The van der Waals surface area contributed by atoms with Gasteiger partial charge in [0.25, 0.3) is 0 Å². The van der Waals surface area contributed by atoms with Crippen molar-refractivity contribution in [3.63, 3.8) is 0 Å². The van der Waals surface area contributed by atoms with Crippen molar-refractivity contribution in [2.24, 2.45) is 0 Å². The Morgan fingerprint density at radius 1 is 1.38 bits per heavy atom. The van der Waals surface area contributed by atoms with E-state index in [0.29, 0.717) is 18.7 Å². The largest absolute Gasteiger partial charge is 0.444 e. The monoisotopic (exact) mass is 294 g/mol. The number of carbonyl (C=O) groups is 1. The van der Waals surface area contributed by atoms with Crippen LogP contribution in [0.5, 0.6) is 0 Å². The van der Waals surface area contributed by atoms with E-state index in [1.165, 1.54) is 4.90 Å². The van der Waals surface area contributed by atoms with Crippen LogP contribution in [0.3, 0.4) is 0 Å². The number of anilines is 1. The third-order valence-electron chi connectivity index (χ3n) is 3.46. The van der Waals surface area contributed by atoms with Gasteiger partial charge in [0, 0.05) is 25.1 Å². The van der Waals surface area contributed by atoms with Gasteiger partial charge < -0.3 is 15.4 Å². The van der Waals surface area contributed by atoms with Crippen LogP contribution in [0.2, 0.25) is 0 Å². The maximum atomic E-state index is 14.9. The number of alkyl halides is 1. The van der Waals surface area contributed by atoms with Crippen molar-refractivity contribution in [2.75, 3.05) is 18.8 Å². The van der Waals surface area contributed by atoms with Gasteiger partial charge in [0.15, 0.2) is 0 Å². The molecule has 1 unspecified atom stereocenters. The molecule has 0 bridgehead atoms. The van der Waals surface area contributed by atoms with Crippen LogP contribution < -0.4 is 5.73 Å². The van der Waals surface area contributed by atoms with Gasteiger partial charge in [-0.15, -0.1) is 0 Å². The summed E-state index contributed by atoms with van der Waals surface area (Å²) in [5.74, 6) is 0. The molecule has 1 amide bonds. The van der Waals surface area contributed by atoms with E-state index in [4.69, 9.17) is 10.5 Å². The summed E-state index contributed by atoms with van der Waals surface area (Å²) < 4.78 is 20.1. The van der Waals surface area contributed by atoms with Gasteiger partial charge in [0.05, 0.1) is 6.54 Å². The molecule has 21 heavy (non-hydrogen) atoms. The number of likely N-dealkylation sites (tertiary alicyclic amines) is 1. The van der Waals surface area contributed by atoms with Crippen molar-refractivity contribution in [3.8, 4) is 0 Å². The predicted octanol–water partition coefficient (Wildman–Crippen LogP) is 3.16. The second kappa shape index (κ2) is 5.54. The lowest BCUT2D eigenvalue weighted by atomic mass is 9.95. The first kappa shape index (κ1) is 15.6. The van der Waals surface area contributed by atoms with Crippen LogP contribution in [0.15, 0.2) is 24.3 Å². The highest BCUT2D eigenvalue weighted by Crippen LogP contribution is 2.30. The van der Waals surface area contributed by atoms with Gasteiger partial charge in [-0.25, -0.2) is 9.18 Å². The molecule has 1 aliphatic rings. The van der Waals surface area contributed by atoms with E-state index in [-0.39, 0.29) is 13.0 Å². The molecule has 1 aromatic rings. The summed E-state index contributed by atoms with van der Waals surface area (Å²) in [6.45, 7) is 5.88. The van der Waals surface area contributed by atoms with Crippen molar-refractivity contribution in [1.29, 1.82) is 0 Å². The lowest BCUT2D eigenvalue weighted by Crippen LogP contribution is -2.38. The van der Waals surface area contributed by atoms with Crippen LogP contribution in [-0.2, 0) is 11.2 Å². The molecule has 1 saturated heterocycles. The van der Waals surface area contributed by atoms with E-state index in [1.807, 2.05) is 12.1 Å². The van der Waals surface area contributed by atoms with Crippen LogP contribution in [-0.4, -0.2) is 35.4 Å². The van der Waals surface area contributed by atoms with Gasteiger partial charge in [0.2, 0.25) is 0 Å². The van der Waals surface area contributed by atoms with Crippen molar-refractivity contribution < 1.29 is 13.9 Å². The molecule has 1 heterocycles. The smallest absolute Gasteiger partial charge is 0.410 e. The fourth-order valence-corrected chi connectivity index (χ4v) is 2.46. The van der Waals surface area contributed by atoms with Gasteiger partial charge in [-0.1, -0.05) is 12.1 Å². The third kappa shape index (κ3) is 4.34. The summed E-state index contributed by atoms with van der Waals surface area (Å²) in [5.41, 5.74) is 5.22. The predicted molar refractivity (Wildman–Crippen MR) is 80.8 cm³/mol. The molecule has 116 valence electrons. The second-order valence-electron chi connectivity index (χ2n) is 6.72. The van der Waals surface area contributed by atoms with Crippen LogP contribution in [0, 0.1) is 0 Å². The molecule has 0 spiro atoms. The molecule has 4 nitrogen and oxygen atoms in total. The van der Waals surface area contributed by atoms with Crippen LogP contribution in [0.1, 0.15) is 32.8 Å². The van der Waals surface area contributed by atoms with Gasteiger partial charge in [0.1, 0.15) is 11.3 Å². The van der Waals surface area contributed by atoms with Crippen LogP contribution in [0.4, 0.5) is 14.9 Å². The van der Waals surface area contributed by atoms with Crippen molar-refractivity contribution in [1.82, 2.24) is 4.90 Å². The zero-order valence-corrected chi connectivity index (χ0v) is 12.9. The summed E-state index contributed by atoms with van der Waals surface area (Å²) in [4.78, 5) is 13.4. The Kier molecular flexibility index (Phi) is 4.12. The van der Waals surface area contributed by atoms with Gasteiger partial charge in [-0.05, 0) is 38.5 Å². The average Bonchev–Trinajstić information content (AvgIpc) is 2.73. The Labute approximate surface area is 125 Å². The molecular formula is C16H23FN2O2. The minimum absolute atomic E-state index is 0.0757. The van der Waals surface area contributed by atoms with Gasteiger partial charge in [-0.2, -0.15) is 0 Å². The van der Waals surface area contributed by atoms with Gasteiger partial charge in [-0.3, -0.25) is 0 Å².